The van der Waals surface area contributed by atoms with Crippen molar-refractivity contribution in [2.75, 3.05) is 11.9 Å². The Kier molecular flexibility index (Phi) is 6.43. The van der Waals surface area contributed by atoms with E-state index in [4.69, 9.17) is 5.73 Å². The fourth-order valence-electron chi connectivity index (χ4n) is 2.60. The highest BCUT2D eigenvalue weighted by atomic mass is 16.1. The first-order chi connectivity index (χ1) is 13.6. The van der Waals surface area contributed by atoms with Gasteiger partial charge in [-0.3, -0.25) is 19.6 Å². The quantitative estimate of drug-likeness (QED) is 0.524. The SMILES string of the molecule is NC(=O)c1ccnc(-c2ccc(NC(=O)CCNCc3ccccc3)cn2)c1. The number of anilines is 1. The van der Waals surface area contributed by atoms with E-state index in [-0.39, 0.29) is 5.91 Å². The number of amides is 2. The number of nitrogens with zero attached hydrogens (tertiary/aromatic N) is 2. The van der Waals surface area contributed by atoms with E-state index in [1.807, 2.05) is 30.3 Å². The molecule has 0 spiro atoms. The average molecular weight is 375 g/mol. The fourth-order valence-corrected chi connectivity index (χ4v) is 2.60. The maximum absolute atomic E-state index is 12.1. The van der Waals surface area contributed by atoms with Crippen LogP contribution in [-0.2, 0) is 11.3 Å². The molecule has 0 unspecified atom stereocenters. The number of benzene rings is 1. The topological polar surface area (TPSA) is 110 Å². The van der Waals surface area contributed by atoms with Crippen LogP contribution in [0.1, 0.15) is 22.3 Å². The summed E-state index contributed by atoms with van der Waals surface area (Å²) >= 11 is 0. The summed E-state index contributed by atoms with van der Waals surface area (Å²) in [5.41, 5.74) is 8.56. The summed E-state index contributed by atoms with van der Waals surface area (Å²) in [4.78, 5) is 31.8. The molecule has 0 atom stereocenters. The molecule has 28 heavy (non-hydrogen) atoms. The van der Waals surface area contributed by atoms with Crippen molar-refractivity contribution in [3.8, 4) is 11.4 Å². The molecule has 0 aliphatic rings. The Morgan fingerprint density at radius 2 is 1.79 bits per heavy atom. The molecule has 2 aromatic heterocycles. The molecule has 0 saturated carbocycles. The van der Waals surface area contributed by atoms with E-state index in [0.29, 0.717) is 35.6 Å². The van der Waals surface area contributed by atoms with Crippen molar-refractivity contribution in [1.29, 1.82) is 0 Å². The largest absolute Gasteiger partial charge is 0.366 e. The van der Waals surface area contributed by atoms with E-state index in [9.17, 15) is 9.59 Å². The molecule has 7 heteroatoms. The van der Waals surface area contributed by atoms with Gasteiger partial charge in [0.15, 0.2) is 0 Å². The third-order valence-corrected chi connectivity index (χ3v) is 4.05. The predicted octanol–water partition coefficient (Wildman–Crippen LogP) is 2.36. The first kappa shape index (κ1) is 19.2. The Balaban J connectivity index is 1.49. The molecule has 0 fully saturated rings. The molecule has 2 heterocycles. The Hall–Kier alpha value is -3.58. The van der Waals surface area contributed by atoms with Crippen LogP contribution in [0.4, 0.5) is 5.69 Å². The van der Waals surface area contributed by atoms with Gasteiger partial charge < -0.3 is 16.4 Å². The molecule has 0 radical (unpaired) electrons. The monoisotopic (exact) mass is 375 g/mol. The van der Waals surface area contributed by atoms with Crippen molar-refractivity contribution in [2.24, 2.45) is 5.73 Å². The molecule has 0 bridgehead atoms. The molecule has 4 N–H and O–H groups in total. The molecular weight excluding hydrogens is 354 g/mol. The lowest BCUT2D eigenvalue weighted by Crippen LogP contribution is -2.21. The molecule has 3 aromatic rings. The Labute approximate surface area is 163 Å². The molecule has 142 valence electrons. The van der Waals surface area contributed by atoms with Crippen LogP contribution in [0.2, 0.25) is 0 Å². The number of carbonyl (C=O) groups is 2. The van der Waals surface area contributed by atoms with Gasteiger partial charge in [-0.25, -0.2) is 0 Å². The Morgan fingerprint density at radius 1 is 0.964 bits per heavy atom. The molecule has 7 nitrogen and oxygen atoms in total. The normalized spacial score (nSPS) is 10.4. The maximum atomic E-state index is 12.1. The van der Waals surface area contributed by atoms with Gasteiger partial charge in [0.1, 0.15) is 0 Å². The van der Waals surface area contributed by atoms with Gasteiger partial charge >= 0.3 is 0 Å². The highest BCUT2D eigenvalue weighted by Gasteiger charge is 2.07. The molecule has 0 saturated heterocycles. The predicted molar refractivity (Wildman–Crippen MR) is 107 cm³/mol. The van der Waals surface area contributed by atoms with E-state index in [1.165, 1.54) is 11.8 Å². The van der Waals surface area contributed by atoms with E-state index in [2.05, 4.69) is 20.6 Å². The zero-order valence-corrected chi connectivity index (χ0v) is 15.3. The lowest BCUT2D eigenvalue weighted by molar-refractivity contribution is -0.116. The van der Waals surface area contributed by atoms with E-state index in [0.717, 1.165) is 6.54 Å². The molecular formula is C21H21N5O2. The Morgan fingerprint density at radius 3 is 2.50 bits per heavy atom. The standard InChI is InChI=1S/C21H21N5O2/c22-21(28)16-8-11-24-19(12-16)18-7-6-17(14-25-18)26-20(27)9-10-23-13-15-4-2-1-3-5-15/h1-8,11-12,14,23H,9-10,13H2,(H2,22,28)(H,26,27). The van der Waals surface area contributed by atoms with Crippen molar-refractivity contribution in [3.05, 3.63) is 78.1 Å². The van der Waals surface area contributed by atoms with Gasteiger partial charge in [0, 0.05) is 31.3 Å². The molecule has 0 aliphatic carbocycles. The first-order valence-corrected chi connectivity index (χ1v) is 8.88. The zero-order chi connectivity index (χ0) is 19.8. The number of carbonyl (C=O) groups excluding carboxylic acids is 2. The number of hydrogen-bond acceptors (Lipinski definition) is 5. The number of pyridine rings is 2. The molecule has 3 rings (SSSR count). The average Bonchev–Trinajstić information content (AvgIpc) is 2.72. The highest BCUT2D eigenvalue weighted by Crippen LogP contribution is 2.17. The minimum atomic E-state index is -0.520. The third kappa shape index (κ3) is 5.46. The lowest BCUT2D eigenvalue weighted by Gasteiger charge is -2.07. The Bertz CT molecular complexity index is 943. The van der Waals surface area contributed by atoms with Crippen molar-refractivity contribution in [2.45, 2.75) is 13.0 Å². The lowest BCUT2D eigenvalue weighted by atomic mass is 10.1. The minimum absolute atomic E-state index is 0.0936. The van der Waals surface area contributed by atoms with Crippen LogP contribution in [0.5, 0.6) is 0 Å². The van der Waals surface area contributed by atoms with E-state index >= 15 is 0 Å². The van der Waals surface area contributed by atoms with Crippen LogP contribution < -0.4 is 16.4 Å². The van der Waals surface area contributed by atoms with Crippen LogP contribution in [-0.4, -0.2) is 28.3 Å². The van der Waals surface area contributed by atoms with Crippen molar-refractivity contribution in [3.63, 3.8) is 0 Å². The van der Waals surface area contributed by atoms with Crippen molar-refractivity contribution in [1.82, 2.24) is 15.3 Å². The summed E-state index contributed by atoms with van der Waals surface area (Å²) in [5, 5.41) is 6.05. The summed E-state index contributed by atoms with van der Waals surface area (Å²) in [6.45, 7) is 1.30. The third-order valence-electron chi connectivity index (χ3n) is 4.05. The summed E-state index contributed by atoms with van der Waals surface area (Å²) in [7, 11) is 0. The van der Waals surface area contributed by atoms with E-state index < -0.39 is 5.91 Å². The van der Waals surface area contributed by atoms with Gasteiger partial charge in [-0.05, 0) is 29.8 Å². The second kappa shape index (κ2) is 9.38. The maximum Gasteiger partial charge on any atom is 0.248 e. The van der Waals surface area contributed by atoms with Crippen LogP contribution >= 0.6 is 0 Å². The molecule has 2 amide bonds. The van der Waals surface area contributed by atoms with E-state index in [1.54, 1.807) is 30.5 Å². The smallest absolute Gasteiger partial charge is 0.248 e. The number of rotatable bonds is 8. The summed E-state index contributed by atoms with van der Waals surface area (Å²) in [5.74, 6) is -0.614. The first-order valence-electron chi connectivity index (χ1n) is 8.88. The zero-order valence-electron chi connectivity index (χ0n) is 15.3. The fraction of sp³-hybridized carbons (Fsp3) is 0.143. The number of nitrogens with two attached hydrogens (primary N) is 1. The second-order valence-electron chi connectivity index (χ2n) is 6.19. The number of nitrogens with one attached hydrogen (secondary N) is 2. The number of primary amides is 1. The molecule has 0 aliphatic heterocycles. The van der Waals surface area contributed by atoms with Crippen LogP contribution in [0, 0.1) is 0 Å². The summed E-state index contributed by atoms with van der Waals surface area (Å²) in [6.07, 6.45) is 3.43. The van der Waals surface area contributed by atoms with Crippen LogP contribution in [0.15, 0.2) is 67.0 Å². The minimum Gasteiger partial charge on any atom is -0.366 e. The van der Waals surface area contributed by atoms with Gasteiger partial charge in [0.2, 0.25) is 11.8 Å². The number of aromatic nitrogens is 2. The highest BCUT2D eigenvalue weighted by molar-refractivity contribution is 5.93. The van der Waals surface area contributed by atoms with Crippen molar-refractivity contribution < 1.29 is 9.59 Å². The summed E-state index contributed by atoms with van der Waals surface area (Å²) in [6, 6.07) is 16.6. The van der Waals surface area contributed by atoms with Crippen LogP contribution in [0.3, 0.4) is 0 Å². The number of hydrogen-bond donors (Lipinski definition) is 3. The van der Waals surface area contributed by atoms with Gasteiger partial charge in [0.05, 0.1) is 23.3 Å². The molecule has 1 aromatic carbocycles. The second-order valence-corrected chi connectivity index (χ2v) is 6.19. The van der Waals surface area contributed by atoms with Gasteiger partial charge in [0.25, 0.3) is 0 Å². The van der Waals surface area contributed by atoms with Gasteiger partial charge in [-0.15, -0.1) is 0 Å². The van der Waals surface area contributed by atoms with Gasteiger partial charge in [-0.1, -0.05) is 30.3 Å². The van der Waals surface area contributed by atoms with Gasteiger partial charge in [-0.2, -0.15) is 0 Å². The summed E-state index contributed by atoms with van der Waals surface area (Å²) < 4.78 is 0. The van der Waals surface area contributed by atoms with Crippen molar-refractivity contribution >= 4 is 17.5 Å². The van der Waals surface area contributed by atoms with Crippen LogP contribution in [0.25, 0.3) is 11.4 Å².